The monoisotopic (exact) mass is 332 g/mol. The highest BCUT2D eigenvalue weighted by Crippen LogP contribution is 2.27. The lowest BCUT2D eigenvalue weighted by molar-refractivity contribution is 0.0661. The first-order valence-corrected chi connectivity index (χ1v) is 8.68. The summed E-state index contributed by atoms with van der Waals surface area (Å²) in [6.07, 6.45) is 3.84. The molecular weight excluding hydrogens is 308 g/mol. The van der Waals surface area contributed by atoms with Crippen molar-refractivity contribution in [3.63, 3.8) is 0 Å². The van der Waals surface area contributed by atoms with Crippen LogP contribution >= 0.6 is 0 Å². The van der Waals surface area contributed by atoms with Gasteiger partial charge in [-0.05, 0) is 25.7 Å². The number of piperidine rings is 1. The fourth-order valence-corrected chi connectivity index (χ4v) is 3.30. The normalized spacial score (nSPS) is 18.3. The molecule has 0 unspecified atom stereocenters. The van der Waals surface area contributed by atoms with Gasteiger partial charge in [-0.1, -0.05) is 24.2 Å². The molecule has 130 valence electrons. The maximum atomic E-state index is 12.7. The highest BCUT2D eigenvalue weighted by Gasteiger charge is 2.30. The first-order chi connectivity index (χ1) is 11.6. The molecule has 7 heteroatoms. The van der Waals surface area contributed by atoms with Crippen molar-refractivity contribution in [3.05, 3.63) is 29.2 Å². The van der Waals surface area contributed by atoms with E-state index in [1.807, 2.05) is 0 Å². The Balaban J connectivity index is 1.70. The molecule has 0 radical (unpaired) electrons. The van der Waals surface area contributed by atoms with Crippen molar-refractivity contribution in [2.75, 3.05) is 13.1 Å². The Bertz CT molecular complexity index is 690. The summed E-state index contributed by atoms with van der Waals surface area (Å²) in [6.45, 7) is 7.31. The quantitative estimate of drug-likeness (QED) is 0.835. The molecule has 1 saturated heterocycles. The SMILES string of the molecule is CCC(CC)c1cc(C(=O)N2CCC[C@@H](c3noc(C)n3)C2)on1. The van der Waals surface area contributed by atoms with Crippen LogP contribution in [0.4, 0.5) is 0 Å². The average molecular weight is 332 g/mol. The molecule has 1 fully saturated rings. The molecule has 2 aromatic heterocycles. The second-order valence-electron chi connectivity index (χ2n) is 6.39. The van der Waals surface area contributed by atoms with Gasteiger partial charge in [0.25, 0.3) is 5.91 Å². The molecule has 0 spiro atoms. The summed E-state index contributed by atoms with van der Waals surface area (Å²) in [7, 11) is 0. The number of aromatic nitrogens is 3. The topological polar surface area (TPSA) is 85.3 Å². The third kappa shape index (κ3) is 3.34. The lowest BCUT2D eigenvalue weighted by Gasteiger charge is -2.30. The van der Waals surface area contributed by atoms with E-state index in [1.165, 1.54) is 0 Å². The predicted molar refractivity (Wildman–Crippen MR) is 86.7 cm³/mol. The second kappa shape index (κ2) is 7.15. The highest BCUT2D eigenvalue weighted by molar-refractivity contribution is 5.91. The second-order valence-corrected chi connectivity index (χ2v) is 6.39. The van der Waals surface area contributed by atoms with Gasteiger partial charge in [0, 0.05) is 37.9 Å². The molecule has 1 amide bonds. The molecule has 3 heterocycles. The fraction of sp³-hybridized carbons (Fsp3) is 0.647. The zero-order chi connectivity index (χ0) is 17.1. The van der Waals surface area contributed by atoms with E-state index in [2.05, 4.69) is 29.1 Å². The van der Waals surface area contributed by atoms with Crippen molar-refractivity contribution in [2.45, 2.75) is 58.3 Å². The number of nitrogens with zero attached hydrogens (tertiary/aromatic N) is 4. The summed E-state index contributed by atoms with van der Waals surface area (Å²) in [6, 6.07) is 1.79. The van der Waals surface area contributed by atoms with E-state index in [4.69, 9.17) is 9.05 Å². The molecule has 0 aliphatic carbocycles. The Morgan fingerprint density at radius 1 is 1.33 bits per heavy atom. The maximum absolute atomic E-state index is 12.7. The molecule has 1 aliphatic heterocycles. The number of amides is 1. The van der Waals surface area contributed by atoms with Gasteiger partial charge in [0.05, 0.1) is 5.69 Å². The molecule has 0 N–H and O–H groups in total. The minimum absolute atomic E-state index is 0.107. The van der Waals surface area contributed by atoms with Crippen LogP contribution in [0.3, 0.4) is 0 Å². The van der Waals surface area contributed by atoms with Crippen LogP contribution in [0.25, 0.3) is 0 Å². The Labute approximate surface area is 141 Å². The maximum Gasteiger partial charge on any atom is 0.292 e. The molecule has 3 rings (SSSR count). The van der Waals surface area contributed by atoms with E-state index in [-0.39, 0.29) is 11.8 Å². The van der Waals surface area contributed by atoms with Crippen LogP contribution in [0.5, 0.6) is 0 Å². The van der Waals surface area contributed by atoms with Crippen LogP contribution in [0.2, 0.25) is 0 Å². The lowest BCUT2D eigenvalue weighted by atomic mass is 9.97. The average Bonchev–Trinajstić information content (AvgIpc) is 3.25. The molecule has 1 atom stereocenters. The van der Waals surface area contributed by atoms with Gasteiger partial charge < -0.3 is 13.9 Å². The van der Waals surface area contributed by atoms with Crippen LogP contribution in [0.15, 0.2) is 15.1 Å². The molecule has 24 heavy (non-hydrogen) atoms. The molecule has 0 aromatic carbocycles. The van der Waals surface area contributed by atoms with Crippen molar-refractivity contribution in [2.24, 2.45) is 0 Å². The van der Waals surface area contributed by atoms with Gasteiger partial charge in [0.15, 0.2) is 5.82 Å². The minimum Gasteiger partial charge on any atom is -0.351 e. The van der Waals surface area contributed by atoms with Crippen LogP contribution in [0.1, 0.15) is 79.3 Å². The molecule has 0 saturated carbocycles. The molecule has 0 bridgehead atoms. The van der Waals surface area contributed by atoms with Crippen molar-refractivity contribution in [1.29, 1.82) is 0 Å². The van der Waals surface area contributed by atoms with Crippen molar-refractivity contribution < 1.29 is 13.8 Å². The summed E-state index contributed by atoms with van der Waals surface area (Å²) in [5, 5.41) is 8.09. The first kappa shape index (κ1) is 16.7. The van der Waals surface area contributed by atoms with E-state index in [0.29, 0.717) is 36.5 Å². The molecule has 2 aromatic rings. The van der Waals surface area contributed by atoms with Crippen LogP contribution in [0, 0.1) is 6.92 Å². The van der Waals surface area contributed by atoms with Crippen molar-refractivity contribution in [3.8, 4) is 0 Å². The number of likely N-dealkylation sites (tertiary alicyclic amines) is 1. The standard InChI is InChI=1S/C17H24N4O3/c1-4-12(5-2)14-9-15(24-19-14)17(22)21-8-6-7-13(10-21)16-18-11(3)23-20-16/h9,12-13H,4-8,10H2,1-3H3/t13-/m1/s1. The Morgan fingerprint density at radius 2 is 2.12 bits per heavy atom. The number of hydrogen-bond donors (Lipinski definition) is 0. The number of rotatable bonds is 5. The zero-order valence-electron chi connectivity index (χ0n) is 14.5. The highest BCUT2D eigenvalue weighted by atomic mass is 16.5. The smallest absolute Gasteiger partial charge is 0.292 e. The van der Waals surface area contributed by atoms with Crippen LogP contribution in [-0.2, 0) is 0 Å². The molecule has 7 nitrogen and oxygen atoms in total. The third-order valence-electron chi connectivity index (χ3n) is 4.76. The lowest BCUT2D eigenvalue weighted by Crippen LogP contribution is -2.39. The van der Waals surface area contributed by atoms with E-state index < -0.39 is 0 Å². The van der Waals surface area contributed by atoms with Gasteiger partial charge in [0.1, 0.15) is 0 Å². The van der Waals surface area contributed by atoms with Gasteiger partial charge in [-0.2, -0.15) is 4.98 Å². The van der Waals surface area contributed by atoms with Gasteiger partial charge in [-0.15, -0.1) is 0 Å². The molecule has 1 aliphatic rings. The molecular formula is C17H24N4O3. The summed E-state index contributed by atoms with van der Waals surface area (Å²) in [5.41, 5.74) is 0.866. The first-order valence-electron chi connectivity index (χ1n) is 8.68. The summed E-state index contributed by atoms with van der Waals surface area (Å²) < 4.78 is 10.4. The van der Waals surface area contributed by atoms with Crippen molar-refractivity contribution >= 4 is 5.91 Å². The Morgan fingerprint density at radius 3 is 2.79 bits per heavy atom. The van der Waals surface area contributed by atoms with Gasteiger partial charge in [-0.3, -0.25) is 4.79 Å². The minimum atomic E-state index is -0.107. The van der Waals surface area contributed by atoms with Gasteiger partial charge in [-0.25, -0.2) is 0 Å². The van der Waals surface area contributed by atoms with E-state index in [1.54, 1.807) is 17.9 Å². The number of carbonyl (C=O) groups excluding carboxylic acids is 1. The van der Waals surface area contributed by atoms with E-state index in [0.717, 1.165) is 31.4 Å². The third-order valence-corrected chi connectivity index (χ3v) is 4.76. The van der Waals surface area contributed by atoms with E-state index in [9.17, 15) is 4.79 Å². The Hall–Kier alpha value is -2.18. The van der Waals surface area contributed by atoms with Gasteiger partial charge in [0.2, 0.25) is 11.7 Å². The number of aryl methyl sites for hydroxylation is 1. The van der Waals surface area contributed by atoms with Gasteiger partial charge >= 0.3 is 0 Å². The summed E-state index contributed by atoms with van der Waals surface area (Å²) in [4.78, 5) is 18.8. The summed E-state index contributed by atoms with van der Waals surface area (Å²) in [5.74, 6) is 1.90. The zero-order valence-corrected chi connectivity index (χ0v) is 14.5. The predicted octanol–water partition coefficient (Wildman–Crippen LogP) is 3.29. The van der Waals surface area contributed by atoms with Crippen molar-refractivity contribution in [1.82, 2.24) is 20.2 Å². The summed E-state index contributed by atoms with van der Waals surface area (Å²) >= 11 is 0. The van der Waals surface area contributed by atoms with Crippen LogP contribution in [-0.4, -0.2) is 39.2 Å². The fourth-order valence-electron chi connectivity index (χ4n) is 3.30. The number of carbonyl (C=O) groups is 1. The largest absolute Gasteiger partial charge is 0.351 e. The van der Waals surface area contributed by atoms with E-state index >= 15 is 0 Å². The van der Waals surface area contributed by atoms with Crippen LogP contribution < -0.4 is 0 Å². The Kier molecular flexibility index (Phi) is 4.97. The number of hydrogen-bond acceptors (Lipinski definition) is 6.